The summed E-state index contributed by atoms with van der Waals surface area (Å²) in [6, 6.07) is 6.44. The topological polar surface area (TPSA) is 57.6 Å². The molecule has 0 bridgehead atoms. The molecule has 0 radical (unpaired) electrons. The zero-order valence-corrected chi connectivity index (χ0v) is 8.30. The highest BCUT2D eigenvalue weighted by molar-refractivity contribution is 6.00. The lowest BCUT2D eigenvalue weighted by atomic mass is 10.1. The molecule has 0 saturated carbocycles. The molecule has 1 amide bonds. The molecule has 0 spiro atoms. The van der Waals surface area contributed by atoms with Crippen LogP contribution in [0.25, 0.3) is 0 Å². The monoisotopic (exact) mass is 205 g/mol. The van der Waals surface area contributed by atoms with Gasteiger partial charge < -0.3 is 10.0 Å². The van der Waals surface area contributed by atoms with E-state index in [1.165, 1.54) is 11.8 Å². The lowest BCUT2D eigenvalue weighted by Gasteiger charge is -2.19. The maximum absolute atomic E-state index is 11.8. The minimum atomic E-state index is -0.976. The Bertz CT molecular complexity index is 428. The van der Waals surface area contributed by atoms with E-state index < -0.39 is 12.0 Å². The van der Waals surface area contributed by atoms with Crippen molar-refractivity contribution in [2.75, 3.05) is 0 Å². The van der Waals surface area contributed by atoms with Crippen molar-refractivity contribution in [1.82, 2.24) is 4.90 Å². The highest BCUT2D eigenvalue weighted by Gasteiger charge is 2.33. The van der Waals surface area contributed by atoms with Gasteiger partial charge in [-0.15, -0.1) is 0 Å². The number of benzene rings is 1. The fourth-order valence-corrected chi connectivity index (χ4v) is 1.72. The second kappa shape index (κ2) is 3.38. The van der Waals surface area contributed by atoms with Crippen molar-refractivity contribution in [3.8, 4) is 0 Å². The summed E-state index contributed by atoms with van der Waals surface area (Å²) in [5, 5.41) is 8.85. The van der Waals surface area contributed by atoms with Gasteiger partial charge in [0.05, 0.1) is 0 Å². The van der Waals surface area contributed by atoms with Crippen LogP contribution in [-0.2, 0) is 11.3 Å². The maximum atomic E-state index is 11.8. The summed E-state index contributed by atoms with van der Waals surface area (Å²) < 4.78 is 0. The Morgan fingerprint density at radius 2 is 2.13 bits per heavy atom. The highest BCUT2D eigenvalue weighted by Crippen LogP contribution is 2.24. The summed E-state index contributed by atoms with van der Waals surface area (Å²) >= 11 is 0. The Morgan fingerprint density at radius 3 is 2.73 bits per heavy atom. The van der Waals surface area contributed by atoms with E-state index in [9.17, 15) is 9.59 Å². The van der Waals surface area contributed by atoms with Crippen molar-refractivity contribution in [3.05, 3.63) is 35.4 Å². The van der Waals surface area contributed by atoms with E-state index in [4.69, 9.17) is 5.11 Å². The van der Waals surface area contributed by atoms with Gasteiger partial charge in [-0.3, -0.25) is 4.79 Å². The minimum Gasteiger partial charge on any atom is -0.480 e. The average Bonchev–Trinajstić information content (AvgIpc) is 2.56. The Morgan fingerprint density at radius 1 is 1.47 bits per heavy atom. The molecule has 0 unspecified atom stereocenters. The lowest BCUT2D eigenvalue weighted by molar-refractivity contribution is -0.141. The number of carboxylic acids is 1. The first-order chi connectivity index (χ1) is 7.11. The van der Waals surface area contributed by atoms with Crippen LogP contribution in [0.4, 0.5) is 0 Å². The number of hydrogen-bond acceptors (Lipinski definition) is 2. The Balaban J connectivity index is 2.31. The third-order valence-electron chi connectivity index (χ3n) is 2.67. The second-order valence-corrected chi connectivity index (χ2v) is 3.60. The van der Waals surface area contributed by atoms with Gasteiger partial charge in [0.2, 0.25) is 0 Å². The molecule has 1 heterocycles. The Hall–Kier alpha value is -1.84. The third-order valence-corrected chi connectivity index (χ3v) is 2.67. The fraction of sp³-hybridized carbons (Fsp3) is 0.273. The van der Waals surface area contributed by atoms with Crippen molar-refractivity contribution in [1.29, 1.82) is 0 Å². The van der Waals surface area contributed by atoms with Crippen LogP contribution in [0.3, 0.4) is 0 Å². The van der Waals surface area contributed by atoms with E-state index in [1.54, 1.807) is 12.1 Å². The summed E-state index contributed by atoms with van der Waals surface area (Å²) in [7, 11) is 0. The quantitative estimate of drug-likeness (QED) is 0.787. The van der Waals surface area contributed by atoms with Crippen molar-refractivity contribution >= 4 is 11.9 Å². The zero-order chi connectivity index (χ0) is 11.0. The van der Waals surface area contributed by atoms with Gasteiger partial charge >= 0.3 is 5.97 Å². The van der Waals surface area contributed by atoms with Gasteiger partial charge in [0.1, 0.15) is 6.04 Å². The molecule has 1 atom stereocenters. The van der Waals surface area contributed by atoms with Crippen LogP contribution in [0.1, 0.15) is 22.8 Å². The molecule has 0 saturated heterocycles. The molecular formula is C11H11NO3. The standard InChI is InChI=1S/C11H11NO3/c1-7(11(14)15)12-6-8-4-2-3-5-9(8)10(12)13/h2-5,7H,6H2,1H3,(H,14,15)/t7-/m1/s1. The third kappa shape index (κ3) is 1.48. The molecule has 4 heteroatoms. The molecule has 15 heavy (non-hydrogen) atoms. The maximum Gasteiger partial charge on any atom is 0.326 e. The summed E-state index contributed by atoms with van der Waals surface area (Å²) in [5.74, 6) is -1.17. The minimum absolute atomic E-state index is 0.194. The normalized spacial score (nSPS) is 16.3. The first-order valence-electron chi connectivity index (χ1n) is 4.73. The van der Waals surface area contributed by atoms with Crippen LogP contribution in [0, 0.1) is 0 Å². The van der Waals surface area contributed by atoms with Crippen LogP contribution in [0.2, 0.25) is 0 Å². The number of carbonyl (C=O) groups is 2. The van der Waals surface area contributed by atoms with Crippen molar-refractivity contribution < 1.29 is 14.7 Å². The van der Waals surface area contributed by atoms with Crippen LogP contribution in [-0.4, -0.2) is 27.9 Å². The molecule has 0 aliphatic carbocycles. The Kier molecular flexibility index (Phi) is 2.19. The largest absolute Gasteiger partial charge is 0.480 e. The van der Waals surface area contributed by atoms with Gasteiger partial charge in [-0.05, 0) is 18.6 Å². The molecule has 1 aliphatic heterocycles. The molecule has 1 N–H and O–H groups in total. The van der Waals surface area contributed by atoms with E-state index in [1.807, 2.05) is 12.1 Å². The van der Waals surface area contributed by atoms with E-state index in [0.29, 0.717) is 12.1 Å². The summed E-state index contributed by atoms with van der Waals surface area (Å²) in [6.45, 7) is 1.91. The predicted molar refractivity (Wildman–Crippen MR) is 53.4 cm³/mol. The summed E-state index contributed by atoms with van der Waals surface area (Å²) in [4.78, 5) is 24.0. The van der Waals surface area contributed by atoms with Crippen molar-refractivity contribution in [2.24, 2.45) is 0 Å². The number of nitrogens with zero attached hydrogens (tertiary/aromatic N) is 1. The Labute approximate surface area is 87.1 Å². The van der Waals surface area contributed by atoms with Crippen molar-refractivity contribution in [3.63, 3.8) is 0 Å². The molecule has 0 fully saturated rings. The molecule has 2 rings (SSSR count). The predicted octanol–water partition coefficient (Wildman–Crippen LogP) is 1.12. The van der Waals surface area contributed by atoms with Gasteiger partial charge in [-0.2, -0.15) is 0 Å². The van der Waals surface area contributed by atoms with Crippen molar-refractivity contribution in [2.45, 2.75) is 19.5 Å². The number of carbonyl (C=O) groups excluding carboxylic acids is 1. The fourth-order valence-electron chi connectivity index (χ4n) is 1.72. The van der Waals surface area contributed by atoms with E-state index in [0.717, 1.165) is 5.56 Å². The van der Waals surface area contributed by atoms with E-state index in [2.05, 4.69) is 0 Å². The average molecular weight is 205 g/mol. The van der Waals surface area contributed by atoms with E-state index in [-0.39, 0.29) is 5.91 Å². The number of fused-ring (bicyclic) bond motifs is 1. The van der Waals surface area contributed by atoms with Crippen LogP contribution in [0.15, 0.2) is 24.3 Å². The molecule has 0 aromatic heterocycles. The number of carboxylic acid groups (broad SMARTS) is 1. The number of amides is 1. The molecule has 1 aliphatic rings. The van der Waals surface area contributed by atoms with Gasteiger partial charge in [0.15, 0.2) is 0 Å². The first-order valence-corrected chi connectivity index (χ1v) is 4.73. The molecule has 1 aromatic carbocycles. The number of rotatable bonds is 2. The van der Waals surface area contributed by atoms with Gasteiger partial charge in [-0.25, -0.2) is 4.79 Å². The smallest absolute Gasteiger partial charge is 0.326 e. The van der Waals surface area contributed by atoms with Gasteiger partial charge in [0.25, 0.3) is 5.91 Å². The lowest BCUT2D eigenvalue weighted by Crippen LogP contribution is -2.38. The second-order valence-electron chi connectivity index (χ2n) is 3.60. The molecular weight excluding hydrogens is 194 g/mol. The first kappa shape index (κ1) is 9.71. The van der Waals surface area contributed by atoms with Gasteiger partial charge in [0, 0.05) is 12.1 Å². The molecule has 78 valence electrons. The number of aliphatic carboxylic acids is 1. The van der Waals surface area contributed by atoms with E-state index >= 15 is 0 Å². The number of hydrogen-bond donors (Lipinski definition) is 1. The zero-order valence-electron chi connectivity index (χ0n) is 8.30. The van der Waals surface area contributed by atoms with Gasteiger partial charge in [-0.1, -0.05) is 18.2 Å². The summed E-state index contributed by atoms with van der Waals surface area (Å²) in [5.41, 5.74) is 1.52. The SMILES string of the molecule is C[C@H](C(=O)O)N1Cc2ccccc2C1=O. The van der Waals surface area contributed by atoms with Crippen LogP contribution < -0.4 is 0 Å². The van der Waals surface area contributed by atoms with Crippen LogP contribution >= 0.6 is 0 Å². The highest BCUT2D eigenvalue weighted by atomic mass is 16.4. The molecule has 1 aromatic rings. The molecule has 4 nitrogen and oxygen atoms in total. The summed E-state index contributed by atoms with van der Waals surface area (Å²) in [6.07, 6.45) is 0. The van der Waals surface area contributed by atoms with Crippen LogP contribution in [0.5, 0.6) is 0 Å².